The molecule has 2 aromatic rings. The van der Waals surface area contributed by atoms with E-state index in [9.17, 15) is 9.59 Å². The number of nitrogens with zero attached hydrogens (tertiary/aromatic N) is 2. The highest BCUT2D eigenvalue weighted by Gasteiger charge is 2.18. The lowest BCUT2D eigenvalue weighted by molar-refractivity contribution is 0.0940. The summed E-state index contributed by atoms with van der Waals surface area (Å²) in [5.41, 5.74) is 1.17. The number of aromatic nitrogens is 2. The minimum Gasteiger partial charge on any atom is -0.383 e. The van der Waals surface area contributed by atoms with E-state index in [2.05, 4.69) is 36.4 Å². The monoisotopic (exact) mass is 343 g/mol. The fourth-order valence-electron chi connectivity index (χ4n) is 2.64. The summed E-state index contributed by atoms with van der Waals surface area (Å²) >= 11 is 0. The number of hydrogen-bond acceptors (Lipinski definition) is 4. The lowest BCUT2D eigenvalue weighted by atomic mass is 9.88. The van der Waals surface area contributed by atoms with Crippen LogP contribution in [0.1, 0.15) is 35.8 Å². The molecule has 6 heteroatoms. The standard InChI is InChI=1S/C19H25N3O3/c1-14(2)16(15-7-5-4-6-8-15)13-20-19(24)17-9-10-18(23)22(21-17)11-12-25-3/h4-10,14,16H,11-13H2,1-3H3,(H,20,24)/t16-/m0/s1. The zero-order chi connectivity index (χ0) is 18.2. The van der Waals surface area contributed by atoms with E-state index in [4.69, 9.17) is 4.74 Å². The van der Waals surface area contributed by atoms with E-state index in [-0.39, 0.29) is 23.1 Å². The summed E-state index contributed by atoms with van der Waals surface area (Å²) in [6.07, 6.45) is 0. The zero-order valence-corrected chi connectivity index (χ0v) is 14.9. The highest BCUT2D eigenvalue weighted by molar-refractivity contribution is 5.92. The van der Waals surface area contributed by atoms with Crippen LogP contribution >= 0.6 is 0 Å². The van der Waals surface area contributed by atoms with Crippen molar-refractivity contribution >= 4 is 5.91 Å². The second-order valence-corrected chi connectivity index (χ2v) is 6.24. The third-order valence-electron chi connectivity index (χ3n) is 4.12. The Morgan fingerprint density at radius 1 is 1.20 bits per heavy atom. The molecule has 2 rings (SSSR count). The first-order chi connectivity index (χ1) is 12.0. The number of hydrogen-bond donors (Lipinski definition) is 1. The Balaban J connectivity index is 2.07. The molecule has 0 unspecified atom stereocenters. The van der Waals surface area contributed by atoms with Crippen molar-refractivity contribution in [3.05, 3.63) is 64.1 Å². The summed E-state index contributed by atoms with van der Waals surface area (Å²) in [7, 11) is 1.55. The lowest BCUT2D eigenvalue weighted by Crippen LogP contribution is -2.33. The van der Waals surface area contributed by atoms with Crippen molar-refractivity contribution in [1.29, 1.82) is 0 Å². The molecule has 0 bridgehead atoms. The third kappa shape index (κ3) is 5.26. The Kier molecular flexibility index (Phi) is 6.89. The second kappa shape index (κ2) is 9.13. The molecule has 1 atom stereocenters. The van der Waals surface area contributed by atoms with Gasteiger partial charge in [-0.25, -0.2) is 4.68 Å². The normalized spacial score (nSPS) is 12.2. The SMILES string of the molecule is COCCn1nc(C(=O)NC[C@H](c2ccccc2)C(C)C)ccc1=O. The van der Waals surface area contributed by atoms with Crippen molar-refractivity contribution in [2.45, 2.75) is 26.3 Å². The molecule has 6 nitrogen and oxygen atoms in total. The number of rotatable bonds is 8. The molecule has 1 aromatic carbocycles. The highest BCUT2D eigenvalue weighted by atomic mass is 16.5. The van der Waals surface area contributed by atoms with Crippen molar-refractivity contribution in [1.82, 2.24) is 15.1 Å². The molecule has 0 saturated heterocycles. The van der Waals surface area contributed by atoms with Crippen LogP contribution < -0.4 is 10.9 Å². The molecule has 1 N–H and O–H groups in total. The lowest BCUT2D eigenvalue weighted by Gasteiger charge is -2.21. The maximum atomic E-state index is 12.4. The summed E-state index contributed by atoms with van der Waals surface area (Å²) in [5, 5.41) is 7.05. The first-order valence-corrected chi connectivity index (χ1v) is 8.43. The molecular formula is C19H25N3O3. The molecule has 0 aliphatic rings. The van der Waals surface area contributed by atoms with E-state index in [0.717, 1.165) is 0 Å². The molecule has 1 heterocycles. The fraction of sp³-hybridized carbons (Fsp3) is 0.421. The quantitative estimate of drug-likeness (QED) is 0.796. The minimum absolute atomic E-state index is 0.213. The van der Waals surface area contributed by atoms with Gasteiger partial charge in [0.2, 0.25) is 0 Å². The van der Waals surface area contributed by atoms with Crippen LogP contribution in [0.15, 0.2) is 47.3 Å². The molecule has 0 fully saturated rings. The molecule has 1 aromatic heterocycles. The van der Waals surface area contributed by atoms with Gasteiger partial charge in [-0.3, -0.25) is 9.59 Å². The number of benzene rings is 1. The molecule has 0 aliphatic carbocycles. The summed E-state index contributed by atoms with van der Waals surface area (Å²) in [6, 6.07) is 12.9. The molecule has 0 spiro atoms. The van der Waals surface area contributed by atoms with E-state index in [1.54, 1.807) is 7.11 Å². The van der Waals surface area contributed by atoms with Gasteiger partial charge in [0.05, 0.1) is 13.2 Å². The van der Waals surface area contributed by atoms with Crippen molar-refractivity contribution < 1.29 is 9.53 Å². The van der Waals surface area contributed by atoms with Gasteiger partial charge < -0.3 is 10.1 Å². The van der Waals surface area contributed by atoms with Gasteiger partial charge in [-0.15, -0.1) is 0 Å². The van der Waals surface area contributed by atoms with Crippen LogP contribution in [0.25, 0.3) is 0 Å². The Bertz CT molecular complexity index is 741. The predicted molar refractivity (Wildman–Crippen MR) is 96.7 cm³/mol. The van der Waals surface area contributed by atoms with Crippen LogP contribution in [-0.2, 0) is 11.3 Å². The van der Waals surface area contributed by atoms with Gasteiger partial charge in [0.25, 0.3) is 11.5 Å². The van der Waals surface area contributed by atoms with Gasteiger partial charge in [-0.1, -0.05) is 44.2 Å². The summed E-state index contributed by atoms with van der Waals surface area (Å²) in [6.45, 7) is 5.45. The number of carbonyl (C=O) groups is 1. The van der Waals surface area contributed by atoms with Crippen LogP contribution in [0.2, 0.25) is 0 Å². The third-order valence-corrected chi connectivity index (χ3v) is 4.12. The van der Waals surface area contributed by atoms with Gasteiger partial charge >= 0.3 is 0 Å². The molecule has 0 saturated carbocycles. The van der Waals surface area contributed by atoms with E-state index in [0.29, 0.717) is 25.6 Å². The van der Waals surface area contributed by atoms with Crippen LogP contribution in [0.5, 0.6) is 0 Å². The fourth-order valence-corrected chi connectivity index (χ4v) is 2.64. The predicted octanol–water partition coefficient (Wildman–Crippen LogP) is 2.06. The molecule has 1 amide bonds. The number of amides is 1. The summed E-state index contributed by atoms with van der Waals surface area (Å²) in [4.78, 5) is 24.2. The maximum absolute atomic E-state index is 12.4. The number of methoxy groups -OCH3 is 1. The zero-order valence-electron chi connectivity index (χ0n) is 14.9. The number of ether oxygens (including phenoxy) is 1. The smallest absolute Gasteiger partial charge is 0.271 e. The topological polar surface area (TPSA) is 73.2 Å². The first-order valence-electron chi connectivity index (χ1n) is 8.43. The van der Waals surface area contributed by atoms with Crippen LogP contribution in [0.3, 0.4) is 0 Å². The van der Waals surface area contributed by atoms with E-state index in [1.165, 1.54) is 22.4 Å². The van der Waals surface area contributed by atoms with Crippen molar-refractivity contribution in [2.75, 3.05) is 20.3 Å². The number of carbonyl (C=O) groups excluding carboxylic acids is 1. The second-order valence-electron chi connectivity index (χ2n) is 6.24. The van der Waals surface area contributed by atoms with Crippen molar-refractivity contribution in [2.24, 2.45) is 5.92 Å². The van der Waals surface area contributed by atoms with Crippen LogP contribution in [-0.4, -0.2) is 35.9 Å². The van der Waals surface area contributed by atoms with Crippen molar-refractivity contribution in [3.8, 4) is 0 Å². The van der Waals surface area contributed by atoms with Gasteiger partial charge in [-0.05, 0) is 17.5 Å². The Morgan fingerprint density at radius 2 is 1.92 bits per heavy atom. The molecule has 134 valence electrons. The van der Waals surface area contributed by atoms with Gasteiger partial charge in [-0.2, -0.15) is 5.10 Å². The average molecular weight is 343 g/mol. The number of nitrogens with one attached hydrogen (secondary N) is 1. The van der Waals surface area contributed by atoms with E-state index in [1.807, 2.05) is 18.2 Å². The van der Waals surface area contributed by atoms with Gasteiger partial charge in [0, 0.05) is 25.6 Å². The Morgan fingerprint density at radius 3 is 2.56 bits per heavy atom. The van der Waals surface area contributed by atoms with E-state index >= 15 is 0 Å². The average Bonchev–Trinajstić information content (AvgIpc) is 2.61. The molecule has 0 aliphatic heterocycles. The Labute approximate surface area is 147 Å². The largest absolute Gasteiger partial charge is 0.383 e. The maximum Gasteiger partial charge on any atom is 0.271 e. The highest BCUT2D eigenvalue weighted by Crippen LogP contribution is 2.23. The van der Waals surface area contributed by atoms with Gasteiger partial charge in [0.1, 0.15) is 5.69 Å². The molecule has 25 heavy (non-hydrogen) atoms. The minimum atomic E-state index is -0.284. The summed E-state index contributed by atoms with van der Waals surface area (Å²) < 4.78 is 6.20. The molecule has 0 radical (unpaired) electrons. The van der Waals surface area contributed by atoms with Crippen LogP contribution in [0, 0.1) is 5.92 Å². The Hall–Kier alpha value is -2.47. The summed E-state index contributed by atoms with van der Waals surface area (Å²) in [5.74, 6) is 0.309. The van der Waals surface area contributed by atoms with Gasteiger partial charge in [0.15, 0.2) is 0 Å². The molecular weight excluding hydrogens is 318 g/mol. The van der Waals surface area contributed by atoms with Crippen molar-refractivity contribution in [3.63, 3.8) is 0 Å². The first kappa shape index (κ1) is 18.9. The van der Waals surface area contributed by atoms with Crippen LogP contribution in [0.4, 0.5) is 0 Å². The van der Waals surface area contributed by atoms with E-state index < -0.39 is 0 Å².